The van der Waals surface area contributed by atoms with Crippen LogP contribution in [-0.2, 0) is 19.5 Å². The Bertz CT molecular complexity index is 1420. The van der Waals surface area contributed by atoms with Crippen molar-refractivity contribution in [3.8, 4) is 11.4 Å². The van der Waals surface area contributed by atoms with Crippen molar-refractivity contribution in [2.24, 2.45) is 0 Å². The maximum Gasteiger partial charge on any atom is 0.255 e. The molecule has 4 heterocycles. The largest absolute Gasteiger partial charge is 0.462 e. The van der Waals surface area contributed by atoms with Gasteiger partial charge >= 0.3 is 0 Å². The van der Waals surface area contributed by atoms with Gasteiger partial charge in [-0.2, -0.15) is 0 Å². The Labute approximate surface area is 186 Å². The number of pyridine rings is 1. The van der Waals surface area contributed by atoms with Crippen LogP contribution in [-0.4, -0.2) is 26.4 Å². The molecule has 0 saturated carbocycles. The highest BCUT2D eigenvalue weighted by atomic mass is 35.5. The van der Waals surface area contributed by atoms with Crippen molar-refractivity contribution in [3.05, 3.63) is 90.4 Å². The maximum atomic E-state index is 12.9. The molecular formula is C22H16Cl2N4O3. The second-order valence-corrected chi connectivity index (χ2v) is 8.24. The molecule has 0 aliphatic carbocycles. The first-order valence-electron chi connectivity index (χ1n) is 9.64. The van der Waals surface area contributed by atoms with Crippen LogP contribution in [0.25, 0.3) is 22.4 Å². The van der Waals surface area contributed by atoms with Crippen molar-refractivity contribution in [2.75, 3.05) is 6.54 Å². The zero-order valence-electron chi connectivity index (χ0n) is 16.2. The normalized spacial score (nSPS) is 14.0. The summed E-state index contributed by atoms with van der Waals surface area (Å²) in [7, 11) is 0. The van der Waals surface area contributed by atoms with E-state index in [1.807, 2.05) is 11.0 Å². The summed E-state index contributed by atoms with van der Waals surface area (Å²) in [5.74, 6) is 0.509. The van der Waals surface area contributed by atoms with E-state index in [1.54, 1.807) is 24.5 Å². The first-order valence-corrected chi connectivity index (χ1v) is 10.4. The average molecular weight is 455 g/mol. The third-order valence-corrected chi connectivity index (χ3v) is 5.84. The summed E-state index contributed by atoms with van der Waals surface area (Å²) >= 11 is 12.2. The fraction of sp³-hybridized carbons (Fsp3) is 0.182. The van der Waals surface area contributed by atoms with Crippen LogP contribution >= 0.6 is 23.2 Å². The molecule has 9 heteroatoms. The highest BCUT2D eigenvalue weighted by Crippen LogP contribution is 2.27. The number of nitrogens with one attached hydrogen (secondary N) is 1. The highest BCUT2D eigenvalue weighted by Gasteiger charge is 2.23. The minimum absolute atomic E-state index is 0.183. The van der Waals surface area contributed by atoms with Crippen LogP contribution in [0.4, 0.5) is 0 Å². The quantitative estimate of drug-likeness (QED) is 0.505. The van der Waals surface area contributed by atoms with E-state index >= 15 is 0 Å². The number of benzene rings is 1. The van der Waals surface area contributed by atoms with Gasteiger partial charge in [-0.3, -0.25) is 19.5 Å². The average Bonchev–Trinajstić information content (AvgIpc) is 2.77. The number of aromatic nitrogens is 3. The third-order valence-electron chi connectivity index (χ3n) is 5.34. The standard InChI is InChI=1S/C22H16Cl2N4O3/c23-14-6-15-19(29)13(11-31-20(15)17(24)7-14)9-28-5-3-18-16(10-28)22(30)27-21(26-18)12-2-1-4-25-8-12/h1-2,4,6-8,11H,3,5,9-10H2,(H,26,27,30). The summed E-state index contributed by atoms with van der Waals surface area (Å²) in [5, 5.41) is 1.00. The summed E-state index contributed by atoms with van der Waals surface area (Å²) in [5.41, 5.74) is 2.56. The first-order chi connectivity index (χ1) is 15.0. The molecule has 31 heavy (non-hydrogen) atoms. The molecule has 5 rings (SSSR count). The highest BCUT2D eigenvalue weighted by molar-refractivity contribution is 6.38. The summed E-state index contributed by atoms with van der Waals surface area (Å²) in [6, 6.07) is 6.74. The molecule has 4 aromatic rings. The number of nitrogens with zero attached hydrogens (tertiary/aromatic N) is 3. The molecule has 1 aliphatic rings. The van der Waals surface area contributed by atoms with Crippen LogP contribution in [0.3, 0.4) is 0 Å². The molecule has 0 atom stereocenters. The molecule has 156 valence electrons. The van der Waals surface area contributed by atoms with E-state index in [0.29, 0.717) is 64.0 Å². The second kappa shape index (κ2) is 7.92. The number of rotatable bonds is 3. The van der Waals surface area contributed by atoms with Crippen LogP contribution in [0.1, 0.15) is 16.8 Å². The van der Waals surface area contributed by atoms with Gasteiger partial charge in [0.2, 0.25) is 0 Å². The van der Waals surface area contributed by atoms with E-state index in [9.17, 15) is 9.59 Å². The number of aromatic amines is 1. The van der Waals surface area contributed by atoms with Crippen LogP contribution < -0.4 is 11.0 Å². The lowest BCUT2D eigenvalue weighted by Gasteiger charge is -2.27. The van der Waals surface area contributed by atoms with Crippen molar-refractivity contribution >= 4 is 34.2 Å². The molecule has 1 aromatic carbocycles. The number of hydrogen-bond donors (Lipinski definition) is 1. The lowest BCUT2D eigenvalue weighted by molar-refractivity contribution is 0.239. The lowest BCUT2D eigenvalue weighted by atomic mass is 10.1. The fourth-order valence-electron chi connectivity index (χ4n) is 3.81. The predicted molar refractivity (Wildman–Crippen MR) is 118 cm³/mol. The Morgan fingerprint density at radius 2 is 2.10 bits per heavy atom. The smallest absolute Gasteiger partial charge is 0.255 e. The number of fused-ring (bicyclic) bond motifs is 2. The van der Waals surface area contributed by atoms with Crippen molar-refractivity contribution in [3.63, 3.8) is 0 Å². The molecule has 0 unspecified atom stereocenters. The van der Waals surface area contributed by atoms with Gasteiger partial charge in [-0.15, -0.1) is 0 Å². The van der Waals surface area contributed by atoms with Gasteiger partial charge in [-0.1, -0.05) is 23.2 Å². The molecule has 0 fully saturated rings. The monoisotopic (exact) mass is 454 g/mol. The zero-order valence-corrected chi connectivity index (χ0v) is 17.7. The van der Waals surface area contributed by atoms with Gasteiger partial charge < -0.3 is 9.40 Å². The van der Waals surface area contributed by atoms with Gasteiger partial charge in [-0.05, 0) is 24.3 Å². The molecule has 0 spiro atoms. The molecule has 0 saturated heterocycles. The summed E-state index contributed by atoms with van der Waals surface area (Å²) in [6.07, 6.45) is 5.36. The van der Waals surface area contributed by atoms with Crippen LogP contribution in [0.15, 0.2) is 56.9 Å². The Balaban J connectivity index is 1.44. The first kappa shape index (κ1) is 19.9. The van der Waals surface area contributed by atoms with E-state index in [4.69, 9.17) is 27.6 Å². The van der Waals surface area contributed by atoms with Crippen molar-refractivity contribution in [2.45, 2.75) is 19.5 Å². The topological polar surface area (TPSA) is 92.1 Å². The molecule has 0 radical (unpaired) electrons. The number of H-pyrrole nitrogens is 1. The van der Waals surface area contributed by atoms with Gasteiger partial charge in [0.1, 0.15) is 5.82 Å². The number of hydrogen-bond acceptors (Lipinski definition) is 6. The molecule has 0 bridgehead atoms. The molecule has 3 aromatic heterocycles. The van der Waals surface area contributed by atoms with E-state index in [-0.39, 0.29) is 11.0 Å². The van der Waals surface area contributed by atoms with Crippen molar-refractivity contribution in [1.82, 2.24) is 19.9 Å². The maximum absolute atomic E-state index is 12.9. The van der Waals surface area contributed by atoms with E-state index in [1.165, 1.54) is 12.3 Å². The Morgan fingerprint density at radius 3 is 2.90 bits per heavy atom. The van der Waals surface area contributed by atoms with Gasteiger partial charge in [0.05, 0.1) is 27.9 Å². The Kier molecular flexibility index (Phi) is 5.09. The van der Waals surface area contributed by atoms with Crippen LogP contribution in [0.2, 0.25) is 10.0 Å². The lowest BCUT2D eigenvalue weighted by Crippen LogP contribution is -2.36. The summed E-state index contributed by atoms with van der Waals surface area (Å²) < 4.78 is 5.61. The molecule has 0 amide bonds. The van der Waals surface area contributed by atoms with Crippen LogP contribution in [0, 0.1) is 0 Å². The zero-order chi connectivity index (χ0) is 21.5. The SMILES string of the molecule is O=c1[nH]c(-c2cccnc2)nc2c1CN(Cc1coc3c(Cl)cc(Cl)cc3c1=O)CC2. The molecule has 1 aliphatic heterocycles. The van der Waals surface area contributed by atoms with Crippen molar-refractivity contribution in [1.29, 1.82) is 0 Å². The number of halogens is 2. The second-order valence-electron chi connectivity index (χ2n) is 7.40. The Hall–Kier alpha value is -3.00. The summed E-state index contributed by atoms with van der Waals surface area (Å²) in [4.78, 5) is 39.2. The molecular weight excluding hydrogens is 439 g/mol. The van der Waals surface area contributed by atoms with Crippen molar-refractivity contribution < 1.29 is 4.42 Å². The van der Waals surface area contributed by atoms with Gasteiger partial charge in [0, 0.05) is 54.6 Å². The van der Waals surface area contributed by atoms with Gasteiger partial charge in [-0.25, -0.2) is 4.98 Å². The van der Waals surface area contributed by atoms with E-state index < -0.39 is 0 Å². The third kappa shape index (κ3) is 3.76. The minimum Gasteiger partial charge on any atom is -0.462 e. The fourth-order valence-corrected chi connectivity index (χ4v) is 4.35. The molecule has 1 N–H and O–H groups in total. The Morgan fingerprint density at radius 1 is 1.23 bits per heavy atom. The van der Waals surface area contributed by atoms with Crippen LogP contribution in [0.5, 0.6) is 0 Å². The predicted octanol–water partition coefficient (Wildman–Crippen LogP) is 3.80. The van der Waals surface area contributed by atoms with E-state index in [0.717, 1.165) is 11.3 Å². The van der Waals surface area contributed by atoms with E-state index in [2.05, 4.69) is 15.0 Å². The summed E-state index contributed by atoms with van der Waals surface area (Å²) in [6.45, 7) is 1.38. The molecule has 7 nitrogen and oxygen atoms in total. The van der Waals surface area contributed by atoms with Gasteiger partial charge in [0.25, 0.3) is 5.56 Å². The van der Waals surface area contributed by atoms with Gasteiger partial charge in [0.15, 0.2) is 11.0 Å². The minimum atomic E-state index is -0.185.